The van der Waals surface area contributed by atoms with Crippen LogP contribution >= 0.6 is 22.9 Å². The molecule has 156 valence electrons. The lowest BCUT2D eigenvalue weighted by Crippen LogP contribution is -2.24. The van der Waals surface area contributed by atoms with Crippen molar-refractivity contribution < 1.29 is 14.5 Å². The van der Waals surface area contributed by atoms with Gasteiger partial charge in [-0.1, -0.05) is 29.3 Å². The van der Waals surface area contributed by atoms with Gasteiger partial charge in [0, 0.05) is 24.4 Å². The molecule has 0 unspecified atom stereocenters. The van der Waals surface area contributed by atoms with Gasteiger partial charge in [-0.15, -0.1) is 11.3 Å². The fourth-order valence-corrected chi connectivity index (χ4v) is 4.34. The normalized spacial score (nSPS) is 10.7. The van der Waals surface area contributed by atoms with E-state index in [1.165, 1.54) is 36.5 Å². The molecule has 0 aliphatic rings. The number of nitro groups is 1. The first-order chi connectivity index (χ1) is 14.2. The maximum atomic E-state index is 12.4. The quantitative estimate of drug-likeness (QED) is 0.348. The lowest BCUT2D eigenvalue weighted by molar-refractivity contribution is -0.384. The molecule has 30 heavy (non-hydrogen) atoms. The van der Waals surface area contributed by atoms with E-state index in [9.17, 15) is 14.9 Å². The minimum Gasteiger partial charge on any atom is -0.486 e. The molecule has 1 heterocycles. The molecule has 0 N–H and O–H groups in total. The Balaban J connectivity index is 1.83. The highest BCUT2D eigenvalue weighted by molar-refractivity contribution is 7.14. The molecule has 0 atom stereocenters. The summed E-state index contributed by atoms with van der Waals surface area (Å²) in [7, 11) is 0. The van der Waals surface area contributed by atoms with Gasteiger partial charge in [0.2, 0.25) is 5.91 Å². The summed E-state index contributed by atoms with van der Waals surface area (Å²) >= 11 is 7.40. The molecule has 3 aromatic rings. The molecule has 1 amide bonds. The minimum absolute atomic E-state index is 0.107. The highest BCUT2D eigenvalue weighted by atomic mass is 35.5. The molecule has 0 saturated carbocycles. The predicted octanol–water partition coefficient (Wildman–Crippen LogP) is 5.89. The average Bonchev–Trinajstić information content (AvgIpc) is 3.11. The zero-order chi connectivity index (χ0) is 22.0. The summed E-state index contributed by atoms with van der Waals surface area (Å²) in [6, 6.07) is 8.09. The van der Waals surface area contributed by atoms with Crippen LogP contribution in [0.25, 0.3) is 0 Å². The van der Waals surface area contributed by atoms with E-state index in [2.05, 4.69) is 4.98 Å². The van der Waals surface area contributed by atoms with Gasteiger partial charge in [-0.3, -0.25) is 19.8 Å². The Kier molecular flexibility index (Phi) is 6.38. The number of hydrogen-bond acceptors (Lipinski definition) is 6. The Morgan fingerprint density at radius 2 is 1.90 bits per heavy atom. The topological polar surface area (TPSA) is 85.6 Å². The van der Waals surface area contributed by atoms with Gasteiger partial charge in [0.1, 0.15) is 12.4 Å². The SMILES string of the molecule is CC(=O)N(c1nc(COc2ccc([N+](=O)[O-])cc2Cl)cs1)c1c(C)cc(C)cc1C. The molecule has 1 aromatic heterocycles. The Morgan fingerprint density at radius 1 is 1.23 bits per heavy atom. The van der Waals surface area contributed by atoms with Gasteiger partial charge >= 0.3 is 0 Å². The standard InChI is InChI=1S/C21H20ClN3O4S/c1-12-7-13(2)20(14(3)8-12)24(15(4)26)21-23-16(11-30-21)10-29-19-6-5-17(25(27)28)9-18(19)22/h5-9,11H,10H2,1-4H3. The summed E-state index contributed by atoms with van der Waals surface area (Å²) in [5.74, 6) is 0.191. The molecular formula is C21H20ClN3O4S. The van der Waals surface area contributed by atoms with Crippen molar-refractivity contribution in [3.8, 4) is 5.75 Å². The van der Waals surface area contributed by atoms with Crippen LogP contribution in [0.15, 0.2) is 35.7 Å². The van der Waals surface area contributed by atoms with Crippen molar-refractivity contribution in [2.45, 2.75) is 34.3 Å². The van der Waals surface area contributed by atoms with Crippen molar-refractivity contribution >= 4 is 45.4 Å². The van der Waals surface area contributed by atoms with Gasteiger partial charge < -0.3 is 4.74 Å². The molecule has 9 heteroatoms. The molecule has 7 nitrogen and oxygen atoms in total. The number of carbonyl (C=O) groups excluding carboxylic acids is 1. The fourth-order valence-electron chi connectivity index (χ4n) is 3.25. The number of nitrogens with zero attached hydrogens (tertiary/aromatic N) is 3. The molecule has 0 bridgehead atoms. The third-order valence-electron chi connectivity index (χ3n) is 4.41. The lowest BCUT2D eigenvalue weighted by Gasteiger charge is -2.23. The van der Waals surface area contributed by atoms with Crippen LogP contribution in [0.5, 0.6) is 5.75 Å². The van der Waals surface area contributed by atoms with Crippen molar-refractivity contribution in [2.75, 3.05) is 4.90 Å². The van der Waals surface area contributed by atoms with Crippen LogP contribution in [-0.4, -0.2) is 15.8 Å². The number of amides is 1. The minimum atomic E-state index is -0.520. The van der Waals surface area contributed by atoms with Gasteiger partial charge in [-0.2, -0.15) is 0 Å². The highest BCUT2D eigenvalue weighted by Gasteiger charge is 2.22. The first kappa shape index (κ1) is 21.7. The summed E-state index contributed by atoms with van der Waals surface area (Å²) in [4.78, 5) is 28.9. The van der Waals surface area contributed by atoms with Crippen LogP contribution in [0.3, 0.4) is 0 Å². The van der Waals surface area contributed by atoms with E-state index in [-0.39, 0.29) is 23.2 Å². The summed E-state index contributed by atoms with van der Waals surface area (Å²) in [5.41, 5.74) is 4.46. The van der Waals surface area contributed by atoms with E-state index in [4.69, 9.17) is 16.3 Å². The molecular weight excluding hydrogens is 426 g/mol. The van der Waals surface area contributed by atoms with Crippen LogP contribution in [0.1, 0.15) is 29.3 Å². The smallest absolute Gasteiger partial charge is 0.271 e. The van der Waals surface area contributed by atoms with Crippen LogP contribution in [0.4, 0.5) is 16.5 Å². The summed E-state index contributed by atoms with van der Waals surface area (Å²) in [5, 5.41) is 13.3. The number of halogens is 1. The number of rotatable bonds is 6. The van der Waals surface area contributed by atoms with Crippen molar-refractivity contribution in [2.24, 2.45) is 0 Å². The average molecular weight is 446 g/mol. The van der Waals surface area contributed by atoms with Crippen LogP contribution in [0.2, 0.25) is 5.02 Å². The zero-order valence-electron chi connectivity index (χ0n) is 16.9. The molecule has 2 aromatic carbocycles. The lowest BCUT2D eigenvalue weighted by atomic mass is 10.0. The highest BCUT2D eigenvalue weighted by Crippen LogP contribution is 2.35. The molecule has 0 aliphatic carbocycles. The van der Waals surface area contributed by atoms with Gasteiger partial charge in [-0.05, 0) is 38.0 Å². The summed E-state index contributed by atoms with van der Waals surface area (Å²) in [6.07, 6.45) is 0. The monoisotopic (exact) mass is 445 g/mol. The van der Waals surface area contributed by atoms with Crippen molar-refractivity contribution in [3.05, 3.63) is 73.2 Å². The van der Waals surface area contributed by atoms with E-state index in [0.29, 0.717) is 16.6 Å². The van der Waals surface area contributed by atoms with Crippen LogP contribution in [0, 0.1) is 30.9 Å². The van der Waals surface area contributed by atoms with Crippen molar-refractivity contribution in [1.82, 2.24) is 4.98 Å². The van der Waals surface area contributed by atoms with Gasteiger partial charge in [0.15, 0.2) is 5.13 Å². The summed E-state index contributed by atoms with van der Waals surface area (Å²) in [6.45, 7) is 7.58. The first-order valence-corrected chi connectivity index (χ1v) is 10.3. The maximum absolute atomic E-state index is 12.4. The number of anilines is 2. The number of aryl methyl sites for hydroxylation is 3. The van der Waals surface area contributed by atoms with Crippen LogP contribution < -0.4 is 9.64 Å². The van der Waals surface area contributed by atoms with Gasteiger partial charge in [0.05, 0.1) is 21.3 Å². The van der Waals surface area contributed by atoms with Crippen molar-refractivity contribution in [1.29, 1.82) is 0 Å². The maximum Gasteiger partial charge on any atom is 0.271 e. The van der Waals surface area contributed by atoms with E-state index >= 15 is 0 Å². The Morgan fingerprint density at radius 3 is 2.47 bits per heavy atom. The first-order valence-electron chi connectivity index (χ1n) is 9.07. The van der Waals surface area contributed by atoms with E-state index in [1.807, 2.05) is 38.3 Å². The number of aromatic nitrogens is 1. The number of non-ortho nitro benzene ring substituents is 1. The molecule has 0 radical (unpaired) electrons. The van der Waals surface area contributed by atoms with E-state index < -0.39 is 4.92 Å². The van der Waals surface area contributed by atoms with E-state index in [0.717, 1.165) is 22.4 Å². The van der Waals surface area contributed by atoms with E-state index in [1.54, 1.807) is 4.90 Å². The Bertz CT molecular complexity index is 1110. The molecule has 0 fully saturated rings. The third-order valence-corrected chi connectivity index (χ3v) is 5.58. The van der Waals surface area contributed by atoms with Crippen molar-refractivity contribution in [3.63, 3.8) is 0 Å². The molecule has 0 saturated heterocycles. The number of benzene rings is 2. The molecule has 3 rings (SSSR count). The summed E-state index contributed by atoms with van der Waals surface area (Å²) < 4.78 is 5.67. The number of nitro benzene ring substituents is 1. The number of ether oxygens (including phenoxy) is 1. The fraction of sp³-hybridized carbons (Fsp3) is 0.238. The van der Waals surface area contributed by atoms with Gasteiger partial charge in [-0.25, -0.2) is 4.98 Å². The molecule has 0 aliphatic heterocycles. The number of carbonyl (C=O) groups is 1. The second kappa shape index (κ2) is 8.81. The second-order valence-electron chi connectivity index (χ2n) is 6.88. The largest absolute Gasteiger partial charge is 0.486 e. The second-order valence-corrected chi connectivity index (χ2v) is 8.13. The Hall–Kier alpha value is -2.97. The number of thiazole rings is 1. The zero-order valence-corrected chi connectivity index (χ0v) is 18.5. The Labute approximate surface area is 183 Å². The molecule has 0 spiro atoms. The number of hydrogen-bond donors (Lipinski definition) is 0. The predicted molar refractivity (Wildman–Crippen MR) is 118 cm³/mol. The van der Waals surface area contributed by atoms with Gasteiger partial charge in [0.25, 0.3) is 5.69 Å². The third kappa shape index (κ3) is 4.60. The van der Waals surface area contributed by atoms with Crippen LogP contribution in [-0.2, 0) is 11.4 Å².